The molecule has 5 rings (SSSR count). The first kappa shape index (κ1) is 21.3. The maximum Gasteiger partial charge on any atom is 0.244 e. The van der Waals surface area contributed by atoms with Crippen molar-refractivity contribution in [3.05, 3.63) is 108 Å². The summed E-state index contributed by atoms with van der Waals surface area (Å²) in [6.07, 6.45) is 11.3. The van der Waals surface area contributed by atoms with Gasteiger partial charge in [-0.3, -0.25) is 18.9 Å². The molecule has 0 aliphatic rings. The Morgan fingerprint density at radius 3 is 2.74 bits per heavy atom. The van der Waals surface area contributed by atoms with Crippen LogP contribution in [0.3, 0.4) is 0 Å². The summed E-state index contributed by atoms with van der Waals surface area (Å²) in [5.74, 6) is 0.627. The fraction of sp³-hybridized carbons (Fsp3) is 0.115. The van der Waals surface area contributed by atoms with Crippen molar-refractivity contribution < 1.29 is 4.79 Å². The number of amides is 1. The highest BCUT2D eigenvalue weighted by Crippen LogP contribution is 2.23. The topological polar surface area (TPSA) is 90.0 Å². The molecule has 0 aliphatic carbocycles. The molecule has 0 bridgehead atoms. The van der Waals surface area contributed by atoms with Gasteiger partial charge in [-0.25, -0.2) is 0 Å². The second-order valence-electron chi connectivity index (χ2n) is 7.78. The van der Waals surface area contributed by atoms with Crippen LogP contribution in [0, 0.1) is 0 Å². The van der Waals surface area contributed by atoms with Crippen molar-refractivity contribution >= 4 is 17.6 Å². The molecule has 0 fully saturated rings. The first-order valence-corrected chi connectivity index (χ1v) is 11.0. The molecular weight excluding hydrogens is 426 g/mol. The summed E-state index contributed by atoms with van der Waals surface area (Å²) >= 11 is 0. The molecular formula is C26H23N7O. The fourth-order valence-electron chi connectivity index (χ4n) is 3.72. The molecule has 0 atom stereocenters. The maximum atomic E-state index is 12.5. The Morgan fingerprint density at radius 2 is 1.88 bits per heavy atom. The lowest BCUT2D eigenvalue weighted by Gasteiger charge is -2.02. The zero-order valence-corrected chi connectivity index (χ0v) is 18.5. The number of benzene rings is 1. The van der Waals surface area contributed by atoms with Gasteiger partial charge in [-0.05, 0) is 35.9 Å². The van der Waals surface area contributed by atoms with Crippen molar-refractivity contribution in [3.8, 4) is 11.3 Å². The minimum atomic E-state index is -0.179. The summed E-state index contributed by atoms with van der Waals surface area (Å²) in [5.41, 5.74) is 4.47. The number of nitrogens with zero attached hydrogens (tertiary/aromatic N) is 6. The van der Waals surface area contributed by atoms with Crippen LogP contribution in [0.25, 0.3) is 23.0 Å². The molecule has 168 valence electrons. The van der Waals surface area contributed by atoms with E-state index in [1.54, 1.807) is 18.5 Å². The highest BCUT2D eigenvalue weighted by atomic mass is 16.1. The van der Waals surface area contributed by atoms with Crippen LogP contribution in [-0.4, -0.2) is 41.8 Å². The molecule has 5 aromatic rings. The lowest BCUT2D eigenvalue weighted by molar-refractivity contribution is -0.116. The van der Waals surface area contributed by atoms with E-state index in [0.717, 1.165) is 33.9 Å². The van der Waals surface area contributed by atoms with Crippen LogP contribution >= 0.6 is 0 Å². The summed E-state index contributed by atoms with van der Waals surface area (Å²) in [4.78, 5) is 16.7. The van der Waals surface area contributed by atoms with Crippen molar-refractivity contribution in [3.63, 3.8) is 0 Å². The van der Waals surface area contributed by atoms with Crippen LogP contribution in [0.2, 0.25) is 0 Å². The summed E-state index contributed by atoms with van der Waals surface area (Å²) < 4.78 is 3.80. The molecule has 0 unspecified atom stereocenters. The SMILES string of the molecule is O=C(/C=C/c1cn(Cc2ccccc2)nc1-c1cccnc1)NCCc1nnc2ccccn12. The molecule has 4 heterocycles. The monoisotopic (exact) mass is 449 g/mol. The van der Waals surface area contributed by atoms with Crippen LogP contribution < -0.4 is 5.32 Å². The molecule has 1 N–H and O–H groups in total. The third-order valence-electron chi connectivity index (χ3n) is 5.36. The van der Waals surface area contributed by atoms with Crippen molar-refractivity contribution in [1.82, 2.24) is 34.7 Å². The van der Waals surface area contributed by atoms with E-state index < -0.39 is 0 Å². The van der Waals surface area contributed by atoms with Crippen molar-refractivity contribution in [2.75, 3.05) is 6.54 Å². The lowest BCUT2D eigenvalue weighted by Crippen LogP contribution is -2.24. The van der Waals surface area contributed by atoms with Gasteiger partial charge in [0.05, 0.1) is 6.54 Å². The number of hydrogen-bond acceptors (Lipinski definition) is 5. The van der Waals surface area contributed by atoms with E-state index in [1.807, 2.05) is 70.0 Å². The second-order valence-corrected chi connectivity index (χ2v) is 7.78. The molecule has 8 nitrogen and oxygen atoms in total. The zero-order chi connectivity index (χ0) is 23.2. The number of nitrogens with one attached hydrogen (secondary N) is 1. The number of pyridine rings is 2. The van der Waals surface area contributed by atoms with Gasteiger partial charge in [-0.15, -0.1) is 10.2 Å². The number of hydrogen-bond donors (Lipinski definition) is 1. The van der Waals surface area contributed by atoms with Crippen LogP contribution in [0.5, 0.6) is 0 Å². The molecule has 1 aromatic carbocycles. The Labute approximate surface area is 196 Å². The number of rotatable bonds is 8. The largest absolute Gasteiger partial charge is 0.352 e. The van der Waals surface area contributed by atoms with Gasteiger partial charge in [-0.1, -0.05) is 36.4 Å². The van der Waals surface area contributed by atoms with E-state index >= 15 is 0 Å². The fourth-order valence-corrected chi connectivity index (χ4v) is 3.72. The second kappa shape index (κ2) is 9.91. The summed E-state index contributed by atoms with van der Waals surface area (Å²) in [6, 6.07) is 19.7. The molecule has 0 saturated heterocycles. The maximum absolute atomic E-state index is 12.5. The first-order chi connectivity index (χ1) is 16.8. The zero-order valence-electron chi connectivity index (χ0n) is 18.5. The normalized spacial score (nSPS) is 11.3. The third-order valence-corrected chi connectivity index (χ3v) is 5.36. The van der Waals surface area contributed by atoms with Crippen molar-refractivity contribution in [2.45, 2.75) is 13.0 Å². The number of aromatic nitrogens is 6. The van der Waals surface area contributed by atoms with E-state index in [1.165, 1.54) is 6.08 Å². The van der Waals surface area contributed by atoms with E-state index in [2.05, 4.69) is 32.6 Å². The molecule has 4 aromatic heterocycles. The van der Waals surface area contributed by atoms with E-state index in [0.29, 0.717) is 19.5 Å². The minimum Gasteiger partial charge on any atom is -0.352 e. The van der Waals surface area contributed by atoms with E-state index in [-0.39, 0.29) is 5.91 Å². The standard InChI is InChI=1S/C26H23N7O/c34-25(28-15-13-24-30-29-23-10-4-5-16-33(23)24)12-11-22-19-32(18-20-7-2-1-3-8-20)31-26(22)21-9-6-14-27-17-21/h1-12,14,16-17,19H,13,15,18H2,(H,28,34)/b12-11+. The van der Waals surface area contributed by atoms with Gasteiger partial charge in [0.2, 0.25) is 5.91 Å². The summed E-state index contributed by atoms with van der Waals surface area (Å²) in [6.45, 7) is 1.10. The van der Waals surface area contributed by atoms with Crippen LogP contribution in [0.4, 0.5) is 0 Å². The molecule has 0 aliphatic heterocycles. The van der Waals surface area contributed by atoms with Crippen LogP contribution in [0.15, 0.2) is 91.5 Å². The Hall–Kier alpha value is -4.59. The average Bonchev–Trinajstić information content (AvgIpc) is 3.48. The highest BCUT2D eigenvalue weighted by Gasteiger charge is 2.11. The Morgan fingerprint density at radius 1 is 1.00 bits per heavy atom. The number of fused-ring (bicyclic) bond motifs is 1. The smallest absolute Gasteiger partial charge is 0.244 e. The van der Waals surface area contributed by atoms with Crippen LogP contribution in [-0.2, 0) is 17.8 Å². The molecule has 0 spiro atoms. The predicted octanol–water partition coefficient (Wildman–Crippen LogP) is 3.41. The van der Waals surface area contributed by atoms with E-state index in [9.17, 15) is 4.79 Å². The Kier molecular flexibility index (Phi) is 6.20. The molecule has 8 heteroatoms. The quantitative estimate of drug-likeness (QED) is 0.367. The Bertz CT molecular complexity index is 1420. The molecule has 1 amide bonds. The first-order valence-electron chi connectivity index (χ1n) is 11.0. The predicted molar refractivity (Wildman–Crippen MR) is 130 cm³/mol. The van der Waals surface area contributed by atoms with Gasteiger partial charge < -0.3 is 5.32 Å². The van der Waals surface area contributed by atoms with Gasteiger partial charge >= 0.3 is 0 Å². The van der Waals surface area contributed by atoms with Crippen molar-refractivity contribution in [2.24, 2.45) is 0 Å². The summed E-state index contributed by atoms with van der Waals surface area (Å²) in [5, 5.41) is 16.0. The van der Waals surface area contributed by atoms with Crippen molar-refractivity contribution in [1.29, 1.82) is 0 Å². The summed E-state index contributed by atoms with van der Waals surface area (Å²) in [7, 11) is 0. The number of carbonyl (C=O) groups is 1. The third kappa shape index (κ3) is 4.91. The molecule has 0 radical (unpaired) electrons. The van der Waals surface area contributed by atoms with E-state index in [4.69, 9.17) is 5.10 Å². The number of carbonyl (C=O) groups excluding carboxylic acids is 1. The molecule has 0 saturated carbocycles. The van der Waals surface area contributed by atoms with Gasteiger partial charge in [-0.2, -0.15) is 5.10 Å². The molecule has 34 heavy (non-hydrogen) atoms. The van der Waals surface area contributed by atoms with Crippen LogP contribution in [0.1, 0.15) is 17.0 Å². The highest BCUT2D eigenvalue weighted by molar-refractivity contribution is 5.92. The van der Waals surface area contributed by atoms with Gasteiger partial charge in [0.1, 0.15) is 11.5 Å². The Balaban J connectivity index is 1.28. The average molecular weight is 450 g/mol. The lowest BCUT2D eigenvalue weighted by atomic mass is 10.1. The van der Waals surface area contributed by atoms with Gasteiger partial charge in [0.15, 0.2) is 5.65 Å². The van der Waals surface area contributed by atoms with Gasteiger partial charge in [0, 0.05) is 55.0 Å². The minimum absolute atomic E-state index is 0.179. The van der Waals surface area contributed by atoms with Gasteiger partial charge in [0.25, 0.3) is 0 Å².